The summed E-state index contributed by atoms with van der Waals surface area (Å²) in [5.74, 6) is 0.845. The van der Waals surface area contributed by atoms with Crippen molar-refractivity contribution in [1.82, 2.24) is 0 Å². The fraction of sp³-hybridized carbons (Fsp3) is 0.667. The van der Waals surface area contributed by atoms with Gasteiger partial charge in [0.05, 0.1) is 0 Å². The Labute approximate surface area is 58.1 Å². The van der Waals surface area contributed by atoms with Gasteiger partial charge in [-0.15, -0.1) is 0 Å². The van der Waals surface area contributed by atoms with Crippen LogP contribution in [0.4, 0.5) is 0 Å². The van der Waals surface area contributed by atoms with Gasteiger partial charge in [-0.05, 0) is 12.0 Å². The van der Waals surface area contributed by atoms with E-state index in [0.29, 0.717) is 0 Å². The van der Waals surface area contributed by atoms with Gasteiger partial charge in [-0.2, -0.15) is 0 Å². The van der Waals surface area contributed by atoms with Crippen molar-refractivity contribution in [3.05, 3.63) is 12.2 Å². The lowest BCUT2D eigenvalue weighted by Gasteiger charge is -1.90. The summed E-state index contributed by atoms with van der Waals surface area (Å²) >= 11 is 2.20. The third kappa shape index (κ3) is 1.44. The van der Waals surface area contributed by atoms with Crippen LogP contribution in [0.1, 0.15) is 13.3 Å². The summed E-state index contributed by atoms with van der Waals surface area (Å²) in [6.45, 7) is 2.27. The van der Waals surface area contributed by atoms with Gasteiger partial charge in [-0.1, -0.05) is 13.0 Å². The lowest BCUT2D eigenvalue weighted by molar-refractivity contribution is -0.403. The molecule has 2 atom stereocenters. The smallest absolute Gasteiger partial charge is 0.0811 e. The fourth-order valence-electron chi connectivity index (χ4n) is 0.837. The lowest BCUT2D eigenvalue weighted by atomic mass is 10.2. The number of hydrogen-bond acceptors (Lipinski definition) is 0. The maximum Gasteiger partial charge on any atom is 0.260 e. The van der Waals surface area contributed by atoms with Crippen molar-refractivity contribution in [2.45, 2.75) is 17.3 Å². The minimum atomic E-state index is 0.845. The van der Waals surface area contributed by atoms with Crippen LogP contribution in [0, 0.1) is 5.92 Å². The van der Waals surface area contributed by atoms with Crippen LogP contribution in [-0.2, 0) is 0 Å². The summed E-state index contributed by atoms with van der Waals surface area (Å²) in [7, 11) is 0. The Bertz CT molecular complexity index is 76.2. The molecule has 40 valence electrons. The summed E-state index contributed by atoms with van der Waals surface area (Å²) < 4.78 is 0.853. The van der Waals surface area contributed by atoms with Crippen molar-refractivity contribution in [1.29, 1.82) is 0 Å². The summed E-state index contributed by atoms with van der Waals surface area (Å²) in [4.78, 5) is 0. The number of allylic oxidation sites excluding steroid dienone is 2. The summed E-state index contributed by atoms with van der Waals surface area (Å²) in [5.41, 5.74) is 0. The molecule has 0 N–H and O–H groups in total. The van der Waals surface area contributed by atoms with Crippen LogP contribution in [0.15, 0.2) is 12.2 Å². The molecule has 1 aliphatic carbocycles. The van der Waals surface area contributed by atoms with Crippen molar-refractivity contribution in [2.24, 2.45) is 5.92 Å². The molecule has 0 fully saturated rings. The number of halogens is 1. The minimum absolute atomic E-state index is 0.845. The minimum Gasteiger partial charge on any atom is -0.0811 e. The molecule has 0 aliphatic heterocycles. The van der Waals surface area contributed by atoms with E-state index >= 15 is 0 Å². The molecular formula is C6H10I+. The van der Waals surface area contributed by atoms with Crippen molar-refractivity contribution < 1.29 is 22.6 Å². The van der Waals surface area contributed by atoms with Gasteiger partial charge in [0.25, 0.3) is 22.6 Å². The van der Waals surface area contributed by atoms with E-state index in [1.165, 1.54) is 6.42 Å². The Kier molecular flexibility index (Phi) is 1.73. The monoisotopic (exact) mass is 209 g/mol. The van der Waals surface area contributed by atoms with Crippen molar-refractivity contribution in [3.63, 3.8) is 0 Å². The molecule has 0 aromatic rings. The Morgan fingerprint density at radius 2 is 2.29 bits per heavy atom. The molecule has 0 aromatic carbocycles. The summed E-state index contributed by atoms with van der Waals surface area (Å²) in [6, 6.07) is 0. The van der Waals surface area contributed by atoms with Crippen molar-refractivity contribution >= 4 is 0 Å². The van der Waals surface area contributed by atoms with E-state index in [1.54, 1.807) is 0 Å². The fourth-order valence-corrected chi connectivity index (χ4v) is 1.96. The predicted octanol–water partition coefficient (Wildman–Crippen LogP) is -1.76. The molecule has 0 saturated heterocycles. The highest BCUT2D eigenvalue weighted by Crippen LogP contribution is 2.11. The zero-order chi connectivity index (χ0) is 5.28. The molecule has 0 bridgehead atoms. The van der Waals surface area contributed by atoms with Crippen LogP contribution in [-0.4, -0.2) is 3.92 Å². The van der Waals surface area contributed by atoms with Gasteiger partial charge in [0.15, 0.2) is 3.92 Å². The average Bonchev–Trinajstić information content (AvgIpc) is 1.87. The van der Waals surface area contributed by atoms with Gasteiger partial charge in [0.2, 0.25) is 0 Å². The molecule has 0 saturated carbocycles. The van der Waals surface area contributed by atoms with E-state index in [0.717, 1.165) is 9.84 Å². The Morgan fingerprint density at radius 3 is 2.43 bits per heavy atom. The lowest BCUT2D eigenvalue weighted by Crippen LogP contribution is -3.38. The number of rotatable bonds is 0. The molecule has 0 spiro atoms. The third-order valence-electron chi connectivity index (χ3n) is 1.26. The standard InChI is InChI=1S/C6H10I/c1-5-2-3-6(7)4-5/h2-3,5-7H,4H2,1H3/q+1. The second kappa shape index (κ2) is 2.16. The maximum atomic E-state index is 2.30. The van der Waals surface area contributed by atoms with E-state index in [2.05, 4.69) is 41.7 Å². The molecule has 1 aliphatic rings. The van der Waals surface area contributed by atoms with E-state index < -0.39 is 0 Å². The topological polar surface area (TPSA) is 0 Å². The molecule has 0 nitrogen and oxygen atoms in total. The molecule has 0 aromatic heterocycles. The van der Waals surface area contributed by atoms with E-state index in [-0.39, 0.29) is 0 Å². The highest BCUT2D eigenvalue weighted by Gasteiger charge is 2.17. The highest BCUT2D eigenvalue weighted by molar-refractivity contribution is 4.99. The summed E-state index contributed by atoms with van der Waals surface area (Å²) in [6.07, 6.45) is 5.97. The van der Waals surface area contributed by atoms with Gasteiger partial charge in [-0.25, -0.2) is 0 Å². The predicted molar refractivity (Wildman–Crippen MR) is 28.1 cm³/mol. The zero-order valence-electron chi connectivity index (χ0n) is 4.42. The SMILES string of the molecule is CC1C=CC([IH+])C1. The normalized spacial score (nSPS) is 39.7. The first-order valence-corrected chi connectivity index (χ1v) is 3.97. The quantitative estimate of drug-likeness (QED) is 0.252. The van der Waals surface area contributed by atoms with E-state index in [4.69, 9.17) is 0 Å². The molecular weight excluding hydrogens is 199 g/mol. The second-order valence-electron chi connectivity index (χ2n) is 2.14. The van der Waals surface area contributed by atoms with Crippen LogP contribution in [0.3, 0.4) is 0 Å². The van der Waals surface area contributed by atoms with Gasteiger partial charge in [0.1, 0.15) is 0 Å². The van der Waals surface area contributed by atoms with Crippen LogP contribution in [0.25, 0.3) is 0 Å². The highest BCUT2D eigenvalue weighted by atomic mass is 127. The number of alkyl halides is 1. The van der Waals surface area contributed by atoms with Gasteiger partial charge in [-0.3, -0.25) is 0 Å². The first kappa shape index (κ1) is 5.60. The first-order valence-electron chi connectivity index (χ1n) is 2.63. The molecule has 1 rings (SSSR count). The Hall–Kier alpha value is 0.470. The van der Waals surface area contributed by atoms with Gasteiger partial charge in [0, 0.05) is 6.42 Å². The van der Waals surface area contributed by atoms with Gasteiger partial charge < -0.3 is 0 Å². The third-order valence-corrected chi connectivity index (χ3v) is 2.26. The molecule has 7 heavy (non-hydrogen) atoms. The van der Waals surface area contributed by atoms with E-state index in [1.807, 2.05) is 0 Å². The summed E-state index contributed by atoms with van der Waals surface area (Å²) in [5, 5.41) is 0. The van der Waals surface area contributed by atoms with Crippen molar-refractivity contribution in [2.75, 3.05) is 0 Å². The average molecular weight is 209 g/mol. The Balaban J connectivity index is 2.42. The Morgan fingerprint density at radius 1 is 1.57 bits per heavy atom. The van der Waals surface area contributed by atoms with Crippen LogP contribution in [0.2, 0.25) is 0 Å². The molecule has 1 heteroatoms. The maximum absolute atomic E-state index is 2.30. The molecule has 0 amide bonds. The first-order chi connectivity index (χ1) is 3.29. The molecule has 2 unspecified atom stereocenters. The molecule has 0 radical (unpaired) electrons. The zero-order valence-corrected chi connectivity index (χ0v) is 6.76. The van der Waals surface area contributed by atoms with E-state index in [9.17, 15) is 0 Å². The van der Waals surface area contributed by atoms with Crippen molar-refractivity contribution in [3.8, 4) is 0 Å². The molecule has 0 heterocycles. The second-order valence-corrected chi connectivity index (χ2v) is 3.86. The van der Waals surface area contributed by atoms with Gasteiger partial charge >= 0.3 is 0 Å². The van der Waals surface area contributed by atoms with Crippen LogP contribution in [0.5, 0.6) is 0 Å². The van der Waals surface area contributed by atoms with Crippen LogP contribution >= 0.6 is 0 Å². The number of hydrogen-bond donors (Lipinski definition) is 0. The largest absolute Gasteiger partial charge is 0.260 e. The van der Waals surface area contributed by atoms with Crippen LogP contribution < -0.4 is 22.6 Å².